The minimum Gasteiger partial charge on any atom is -0.481 e. The topological polar surface area (TPSA) is 168 Å². The fraction of sp³-hybridized carbons (Fsp3) is 0.186. The maximum Gasteiger partial charge on any atom is 0.335 e. The highest BCUT2D eigenvalue weighted by atomic mass is 31.2. The molecule has 7 aromatic carbocycles. The first-order chi connectivity index (χ1) is 34.5. The number of aromatic nitrogens is 1. The van der Waals surface area contributed by atoms with Crippen molar-refractivity contribution in [3.8, 4) is 0 Å². The van der Waals surface area contributed by atoms with Gasteiger partial charge >= 0.3 is 21.2 Å². The Labute approximate surface area is 428 Å². The molecule has 0 aliphatic carbocycles. The number of nitrogens with zero attached hydrogens (tertiary/aromatic N) is 1. The van der Waals surface area contributed by atoms with E-state index in [-0.39, 0.29) is 59.4 Å². The summed E-state index contributed by atoms with van der Waals surface area (Å²) in [5.74, 6) is -1.58. The Morgan fingerprint density at radius 3 is 1.26 bits per heavy atom. The summed E-state index contributed by atoms with van der Waals surface area (Å²) in [4.78, 5) is 24.7. The van der Waals surface area contributed by atoms with Gasteiger partial charge in [-0.1, -0.05) is 160 Å². The van der Waals surface area contributed by atoms with E-state index in [4.69, 9.17) is 23.8 Å². The summed E-state index contributed by atoms with van der Waals surface area (Å²) < 4.78 is 52.4. The summed E-state index contributed by atoms with van der Waals surface area (Å²) in [5.41, 5.74) is 15.1. The lowest BCUT2D eigenvalue weighted by atomic mass is 10.1. The van der Waals surface area contributed by atoms with Gasteiger partial charge in [0.15, 0.2) is 0 Å². The number of benzene rings is 7. The van der Waals surface area contributed by atoms with E-state index < -0.39 is 27.1 Å². The number of anilines is 3. The molecule has 14 heteroatoms. The van der Waals surface area contributed by atoms with Gasteiger partial charge in [0.1, 0.15) is 0 Å². The third-order valence-electron chi connectivity index (χ3n) is 11.7. The fourth-order valence-electron chi connectivity index (χ4n) is 7.92. The first-order valence-corrected chi connectivity index (χ1v) is 26.6. The number of carbonyl (C=O) groups is 2. The van der Waals surface area contributed by atoms with Crippen molar-refractivity contribution in [2.75, 3.05) is 11.1 Å². The highest BCUT2D eigenvalue weighted by molar-refractivity contribution is 7.53. The zero-order chi connectivity index (χ0) is 49.5. The van der Waals surface area contributed by atoms with Gasteiger partial charge < -0.3 is 38.8 Å². The molecule has 1 aliphatic heterocycles. The van der Waals surface area contributed by atoms with Gasteiger partial charge in [-0.15, -0.1) is 0 Å². The molecule has 9 rings (SSSR count). The zero-order valence-corrected chi connectivity index (χ0v) is 40.8. The van der Waals surface area contributed by atoms with Crippen molar-refractivity contribution in [1.82, 2.24) is 4.57 Å². The Balaban J connectivity index is 0.000000265. The standard InChI is InChI=1S/C36H33N2O6P.C21H22NO3P.2CH4/c39-35(34-20-19-33-32(36(40)41)21-22-38(33)34)29-13-17-31(18-14-29)37-30-15-11-28(12-16-30)25-45(42,43-23-26-7-3-1-4-8-26)44-24-27-9-5-2-6-10-27;22-21-13-11-20(12-14-21)17-26(23,24-15-18-7-3-1-4-8-18)25-16-19-9-5-2-6-10-19;;/h1-20,32,37H,21-25H2,(H,40,41);1-14H,15-17,22H2;2*1H4. The molecule has 1 atom stereocenters. The molecule has 0 saturated heterocycles. The summed E-state index contributed by atoms with van der Waals surface area (Å²) in [6, 6.07) is 64.0. The van der Waals surface area contributed by atoms with Crippen LogP contribution >= 0.6 is 15.2 Å². The van der Waals surface area contributed by atoms with Crippen LogP contribution in [0.3, 0.4) is 0 Å². The molecule has 12 nitrogen and oxygen atoms in total. The van der Waals surface area contributed by atoms with E-state index >= 15 is 0 Å². The van der Waals surface area contributed by atoms with Crippen LogP contribution in [0.1, 0.15) is 82.3 Å². The number of rotatable bonds is 21. The highest BCUT2D eigenvalue weighted by Gasteiger charge is 2.32. The molecule has 378 valence electrons. The minimum absolute atomic E-state index is 0. The van der Waals surface area contributed by atoms with Gasteiger partial charge in [0.2, 0.25) is 5.78 Å². The van der Waals surface area contributed by atoms with Gasteiger partial charge in [0, 0.05) is 34.9 Å². The van der Waals surface area contributed by atoms with Crippen LogP contribution in [0.4, 0.5) is 17.1 Å². The monoisotopic (exact) mass is 1020 g/mol. The van der Waals surface area contributed by atoms with E-state index in [1.165, 1.54) is 0 Å². The first-order valence-electron chi connectivity index (χ1n) is 23.2. The van der Waals surface area contributed by atoms with Crippen LogP contribution in [-0.4, -0.2) is 21.4 Å². The lowest BCUT2D eigenvalue weighted by Crippen LogP contribution is -2.10. The molecular weight excluding hydrogens is 957 g/mol. The van der Waals surface area contributed by atoms with Crippen molar-refractivity contribution >= 4 is 44.0 Å². The minimum atomic E-state index is -3.49. The van der Waals surface area contributed by atoms with E-state index in [9.17, 15) is 23.8 Å². The average Bonchev–Trinajstić information content (AvgIpc) is 4.03. The number of carboxylic acid groups (broad SMARTS) is 1. The van der Waals surface area contributed by atoms with Crippen LogP contribution in [0.15, 0.2) is 206 Å². The number of nitrogens with two attached hydrogens (primary N) is 1. The summed E-state index contributed by atoms with van der Waals surface area (Å²) >= 11 is 0. The predicted octanol–water partition coefficient (Wildman–Crippen LogP) is 14.8. The first kappa shape index (κ1) is 55.2. The van der Waals surface area contributed by atoms with Gasteiger partial charge in [0.25, 0.3) is 0 Å². The number of hydrogen-bond donors (Lipinski definition) is 3. The normalized spacial score (nSPS) is 12.8. The van der Waals surface area contributed by atoms with E-state index in [0.717, 1.165) is 44.8 Å². The second kappa shape index (κ2) is 26.5. The number of carbonyl (C=O) groups excluding carboxylic acids is 1. The third-order valence-corrected chi connectivity index (χ3v) is 15.3. The van der Waals surface area contributed by atoms with Crippen LogP contribution < -0.4 is 11.1 Å². The Bertz CT molecular complexity index is 2970. The quantitative estimate of drug-likeness (QED) is 0.0356. The van der Waals surface area contributed by atoms with E-state index in [0.29, 0.717) is 35.6 Å². The van der Waals surface area contributed by atoms with Gasteiger partial charge in [-0.2, -0.15) is 0 Å². The smallest absolute Gasteiger partial charge is 0.335 e. The molecule has 0 fully saturated rings. The molecular formula is C59H63N3O9P2. The highest BCUT2D eigenvalue weighted by Crippen LogP contribution is 2.54. The van der Waals surface area contributed by atoms with Gasteiger partial charge in [-0.3, -0.25) is 18.7 Å². The number of fused-ring (bicyclic) bond motifs is 1. The third kappa shape index (κ3) is 15.9. The second-order valence-electron chi connectivity index (χ2n) is 17.0. The van der Waals surface area contributed by atoms with E-state index in [2.05, 4.69) is 5.32 Å². The van der Waals surface area contributed by atoms with Crippen molar-refractivity contribution < 1.29 is 41.9 Å². The molecule has 0 spiro atoms. The van der Waals surface area contributed by atoms with Crippen LogP contribution in [-0.2, 0) is 77.3 Å². The van der Waals surface area contributed by atoms with Crippen molar-refractivity contribution in [2.24, 2.45) is 0 Å². The molecule has 1 aromatic heterocycles. The largest absolute Gasteiger partial charge is 0.481 e. The van der Waals surface area contributed by atoms with Crippen LogP contribution in [0.5, 0.6) is 0 Å². The molecule has 0 radical (unpaired) electrons. The zero-order valence-electron chi connectivity index (χ0n) is 39.0. The Morgan fingerprint density at radius 1 is 0.507 bits per heavy atom. The van der Waals surface area contributed by atoms with Crippen molar-refractivity contribution in [3.05, 3.63) is 257 Å². The van der Waals surface area contributed by atoms with Crippen LogP contribution in [0, 0.1) is 0 Å². The average molecular weight is 1020 g/mol. The number of nitrogens with one attached hydrogen (secondary N) is 1. The van der Waals surface area contributed by atoms with Crippen LogP contribution in [0.2, 0.25) is 0 Å². The van der Waals surface area contributed by atoms with E-state index in [1.807, 2.05) is 174 Å². The molecule has 2 heterocycles. The molecule has 0 bridgehead atoms. The predicted molar refractivity (Wildman–Crippen MR) is 291 cm³/mol. The molecule has 0 amide bonds. The Kier molecular flexibility index (Phi) is 20.0. The molecule has 73 heavy (non-hydrogen) atoms. The molecule has 0 saturated carbocycles. The maximum atomic E-state index is 13.9. The lowest BCUT2D eigenvalue weighted by Gasteiger charge is -2.19. The number of aliphatic carboxylic acids is 1. The molecule has 4 N–H and O–H groups in total. The van der Waals surface area contributed by atoms with E-state index in [1.54, 1.807) is 36.4 Å². The van der Waals surface area contributed by atoms with Gasteiger partial charge in [-0.05, 0) is 100 Å². The molecule has 8 aromatic rings. The van der Waals surface area contributed by atoms with Crippen molar-refractivity contribution in [2.45, 2.75) is 72.5 Å². The molecule has 1 aliphatic rings. The summed E-state index contributed by atoms with van der Waals surface area (Å²) in [6.07, 6.45) is 0.819. The lowest BCUT2D eigenvalue weighted by molar-refractivity contribution is -0.138. The number of nitrogen functional groups attached to an aromatic ring is 1. The number of carboxylic acids is 1. The Morgan fingerprint density at radius 2 is 0.877 bits per heavy atom. The molecule has 1 unspecified atom stereocenters. The van der Waals surface area contributed by atoms with Crippen LogP contribution in [0.25, 0.3) is 0 Å². The summed E-state index contributed by atoms with van der Waals surface area (Å²) in [7, 11) is -6.81. The SMILES string of the molecule is C.C.Nc1ccc(CP(=O)(OCc2ccccc2)OCc2ccccc2)cc1.O=C(c1ccc(Nc2ccc(CP(=O)(OCc3ccccc3)OCc3ccccc3)cc2)cc1)c1ccc2n1CCC2C(=O)O. The summed E-state index contributed by atoms with van der Waals surface area (Å²) in [6.45, 7) is 1.36. The van der Waals surface area contributed by atoms with Crippen molar-refractivity contribution in [3.63, 3.8) is 0 Å². The number of ketones is 1. The van der Waals surface area contributed by atoms with Gasteiger partial charge in [-0.25, -0.2) is 0 Å². The maximum absolute atomic E-state index is 13.9. The number of hydrogen-bond acceptors (Lipinski definition) is 10. The Hall–Kier alpha value is -7.14. The second-order valence-corrected chi connectivity index (χ2v) is 21.1. The summed E-state index contributed by atoms with van der Waals surface area (Å²) in [5, 5.41) is 12.8. The van der Waals surface area contributed by atoms with Crippen molar-refractivity contribution in [1.29, 1.82) is 0 Å². The fourth-order valence-corrected chi connectivity index (χ4v) is 11.1. The van der Waals surface area contributed by atoms with Gasteiger partial charge in [0.05, 0.1) is 50.4 Å².